The molecule has 0 aliphatic heterocycles. The van der Waals surface area contributed by atoms with E-state index in [2.05, 4.69) is 0 Å². The molecule has 0 aromatic heterocycles. The summed E-state index contributed by atoms with van der Waals surface area (Å²) in [4.78, 5) is 0. The van der Waals surface area contributed by atoms with Crippen LogP contribution in [0.2, 0.25) is 0 Å². The van der Waals surface area contributed by atoms with E-state index in [-0.39, 0.29) is 1040 Å². The molecule has 0 heterocycles. The maximum Gasteiger partial charge on any atom is 2.00 e. The molecule has 0 aromatic rings. The minimum absolute atomic E-state index is 0. The van der Waals surface area contributed by atoms with Gasteiger partial charge in [-0.2, -0.15) is 0 Å². The van der Waals surface area contributed by atoms with Crippen LogP contribution in [0.15, 0.2) is 0 Å². The summed E-state index contributed by atoms with van der Waals surface area (Å²) in [6, 6.07) is 0. The van der Waals surface area contributed by atoms with Gasteiger partial charge in [0.2, 0.25) is 0 Å². The fourth-order valence-corrected chi connectivity index (χ4v) is 0. The van der Waals surface area contributed by atoms with E-state index < -0.39 is 0 Å². The molecule has 200 valence electrons. The van der Waals surface area contributed by atoms with Gasteiger partial charge >= 0.3 is 906 Å². The van der Waals surface area contributed by atoms with Crippen LogP contribution in [0.3, 0.4) is 0 Å². The van der Waals surface area contributed by atoms with Gasteiger partial charge in [0, 0.05) is 0 Å². The van der Waals surface area contributed by atoms with E-state index in [4.69, 9.17) is 0 Å². The van der Waals surface area contributed by atoms with Gasteiger partial charge in [0.1, 0.15) is 0 Å². The van der Waals surface area contributed by atoms with Crippen molar-refractivity contribution in [3.63, 3.8) is 0 Å². The van der Waals surface area contributed by atoms with E-state index in [9.17, 15) is 0 Å². The largest absolute Gasteiger partial charge is 2.00 e. The summed E-state index contributed by atoms with van der Waals surface area (Å²) in [6.07, 6.45) is 0. The van der Waals surface area contributed by atoms with Crippen molar-refractivity contribution in [2.24, 2.45) is 0 Å². The third-order valence-electron chi connectivity index (χ3n) is 0. The van der Waals surface area contributed by atoms with Gasteiger partial charge in [-0.05, 0) is 0 Å². The molecule has 0 N–H and O–H groups in total. The molecule has 0 saturated heterocycles. The molecule has 49 heavy (non-hydrogen) atoms. The molecule has 0 fully saturated rings. The maximum atomic E-state index is 0. The van der Waals surface area contributed by atoms with E-state index in [0.29, 0.717) is 0 Å². The van der Waals surface area contributed by atoms with Crippen LogP contribution >= 0.6 is 0 Å². The zero-order chi connectivity index (χ0) is 0. The molecule has 0 bridgehead atoms. The predicted molar refractivity (Wildman–Crippen MR) is 155 cm³/mol. The van der Waals surface area contributed by atoms with E-state index in [1.807, 2.05) is 0 Å². The minimum atomic E-state index is 0. The van der Waals surface area contributed by atoms with Crippen molar-refractivity contribution < 1.29 is 137 Å². The second-order valence-corrected chi connectivity index (χ2v) is 0. The Bertz CT molecular complexity index is 49.0. The summed E-state index contributed by atoms with van der Waals surface area (Å²) < 4.78 is 0. The van der Waals surface area contributed by atoms with E-state index >= 15 is 0 Å². The zero-order valence-corrected chi connectivity index (χ0v) is 80.2. The van der Waals surface area contributed by atoms with E-state index in [1.54, 1.807) is 0 Å². The second kappa shape index (κ2) is 525. The van der Waals surface area contributed by atoms with Crippen LogP contribution in [0.1, 0.15) is 0 Å². The van der Waals surface area contributed by atoms with Gasteiger partial charge in [-0.15, -0.1) is 0 Å². The summed E-state index contributed by atoms with van der Waals surface area (Å²) in [5, 5.41) is 0. The first-order valence-electron chi connectivity index (χ1n) is 0. The molecule has 0 amide bonds. The molecule has 0 aliphatic carbocycles. The predicted octanol–water partition coefficient (Wildman–Crippen LogP) is -12.1. The molecule has 0 aliphatic rings. The Hall–Kier alpha value is 29.2. The molecule has 49 heteroatoms. The number of hydrogen-bond donors (Lipinski definition) is 0. The molecule has 0 rings (SSSR count). The second-order valence-electron chi connectivity index (χ2n) is 0. The summed E-state index contributed by atoms with van der Waals surface area (Å²) in [5.41, 5.74) is 0. The van der Waals surface area contributed by atoms with Crippen molar-refractivity contribution in [2.45, 2.75) is 0 Å². The van der Waals surface area contributed by atoms with Crippen LogP contribution in [-0.2, 0) is 137 Å². The van der Waals surface area contributed by atoms with Crippen LogP contribution in [0, 0.1) is 0 Å². The van der Waals surface area contributed by atoms with Gasteiger partial charge in [-0.1, -0.05) is 0 Å². The van der Waals surface area contributed by atoms with Gasteiger partial charge in [0.25, 0.3) is 0 Å². The topological polar surface area (TPSA) is 712 Å². The molecular formula is Ca24O25-2. The van der Waals surface area contributed by atoms with Gasteiger partial charge in [0.05, 0.1) is 0 Å². The van der Waals surface area contributed by atoms with Crippen molar-refractivity contribution >= 4 is 906 Å². The van der Waals surface area contributed by atoms with Gasteiger partial charge in [-0.25, -0.2) is 0 Å². The Labute approximate surface area is 1010 Å². The molecule has 0 spiro atoms. The average Bonchev–Trinajstić information content (AvgIpc) is 0. The van der Waals surface area contributed by atoms with Gasteiger partial charge < -0.3 is 137 Å². The molecule has 0 unspecified atom stereocenters. The Morgan fingerprint density at radius 1 is 0.0408 bits per heavy atom. The SMILES string of the molecule is [Ca+2].[Ca+2].[Ca+2].[Ca+2].[Ca+2].[Ca+2].[Ca+2].[Ca+2].[Ca+2].[Ca+2].[Ca+2].[Ca+2].[Ca+2].[Ca+2].[Ca+2].[Ca+2].[Ca+2].[Ca+2].[Ca+2].[Ca+2].[Ca+2].[Ca+2].[Ca+2].[Ca+2].[O-2].[O-2].[O-2].[O-2].[O-2].[O-2].[O-2].[O-2].[O-2].[O-2].[O-2].[O-2].[O-2].[O-2].[O-2].[O-2].[O-2].[O-2].[O-2].[O-2].[O-2].[O-2].[O-2].[O-2].[O-2]. The van der Waals surface area contributed by atoms with Crippen molar-refractivity contribution in [3.05, 3.63) is 0 Å². The Kier molecular flexibility index (Phi) is 5850. The van der Waals surface area contributed by atoms with E-state index in [0.717, 1.165) is 0 Å². The van der Waals surface area contributed by atoms with Gasteiger partial charge in [-0.3, -0.25) is 0 Å². The quantitative estimate of drug-likeness (QED) is 0.204. The van der Waals surface area contributed by atoms with Gasteiger partial charge in [0.15, 0.2) is 0 Å². The van der Waals surface area contributed by atoms with Crippen LogP contribution < -0.4 is 0 Å². The third-order valence-corrected chi connectivity index (χ3v) is 0. The van der Waals surface area contributed by atoms with E-state index in [1.165, 1.54) is 0 Å². The van der Waals surface area contributed by atoms with Crippen molar-refractivity contribution in [2.75, 3.05) is 0 Å². The average molecular weight is 1360 g/mol. The smallest absolute Gasteiger partial charge is 2.00 e. The number of hydrogen-bond acceptors (Lipinski definition) is 0. The molecular weight excluding hydrogens is 1360 g/mol. The fourth-order valence-electron chi connectivity index (χ4n) is 0. The van der Waals surface area contributed by atoms with Crippen molar-refractivity contribution in [1.82, 2.24) is 0 Å². The Balaban J connectivity index is 0. The van der Waals surface area contributed by atoms with Crippen molar-refractivity contribution in [1.29, 1.82) is 0 Å². The standard InChI is InChI=1S/24Ca.25O/q24*+2;25*-2. The molecule has 0 saturated carbocycles. The van der Waals surface area contributed by atoms with Crippen LogP contribution in [0.5, 0.6) is 0 Å². The molecule has 0 aromatic carbocycles. The Morgan fingerprint density at radius 2 is 0.0408 bits per heavy atom. The summed E-state index contributed by atoms with van der Waals surface area (Å²) in [7, 11) is 0. The Morgan fingerprint density at radius 3 is 0.0408 bits per heavy atom. The summed E-state index contributed by atoms with van der Waals surface area (Å²) in [5.74, 6) is 0. The summed E-state index contributed by atoms with van der Waals surface area (Å²) in [6.45, 7) is 0. The molecule has 0 radical (unpaired) electrons. The normalized spacial score (nSPS) is 0. The molecule has 0 atom stereocenters. The third kappa shape index (κ3) is 512. The fraction of sp³-hybridized carbons (Fsp3) is 0. The van der Waals surface area contributed by atoms with Crippen LogP contribution in [0.25, 0.3) is 0 Å². The first-order chi connectivity index (χ1) is 0. The maximum absolute atomic E-state index is 0. The van der Waals surface area contributed by atoms with Crippen molar-refractivity contribution in [3.8, 4) is 0 Å². The van der Waals surface area contributed by atoms with Crippen LogP contribution in [0.4, 0.5) is 0 Å². The number of rotatable bonds is 0. The first-order valence-corrected chi connectivity index (χ1v) is 0. The first kappa shape index (κ1) is 546. The zero-order valence-electron chi connectivity index (χ0n) is 27.2. The molecule has 25 nitrogen and oxygen atoms in total. The monoisotopic (exact) mass is 1360 g/mol. The summed E-state index contributed by atoms with van der Waals surface area (Å²) >= 11 is 0. The van der Waals surface area contributed by atoms with Crippen LogP contribution in [-0.4, -0.2) is 906 Å². The minimum Gasteiger partial charge on any atom is -2.00 e.